The lowest BCUT2D eigenvalue weighted by Crippen LogP contribution is -2.32. The Balaban J connectivity index is 1.66. The number of nitrogens with zero attached hydrogens (tertiary/aromatic N) is 1. The molecule has 0 aromatic heterocycles. The molecule has 0 spiro atoms. The molecule has 2 aliphatic heterocycles. The molecule has 1 aromatic rings. The molecule has 1 unspecified atom stereocenters. The van der Waals surface area contributed by atoms with Crippen molar-refractivity contribution in [1.29, 1.82) is 0 Å². The van der Waals surface area contributed by atoms with E-state index in [1.165, 1.54) is 4.31 Å². The van der Waals surface area contributed by atoms with Crippen LogP contribution in [-0.2, 0) is 14.8 Å². The van der Waals surface area contributed by atoms with E-state index >= 15 is 0 Å². The third-order valence-corrected chi connectivity index (χ3v) is 7.41. The Bertz CT molecular complexity index is 757. The van der Waals surface area contributed by atoms with Gasteiger partial charge in [-0.2, -0.15) is 0 Å². The second-order valence-electron chi connectivity index (χ2n) is 7.56. The van der Waals surface area contributed by atoms with E-state index in [1.54, 1.807) is 6.07 Å². The van der Waals surface area contributed by atoms with E-state index in [0.717, 1.165) is 31.5 Å². The van der Waals surface area contributed by atoms with Crippen molar-refractivity contribution in [2.75, 3.05) is 35.0 Å². The fraction of sp³-hybridized carbons (Fsp3) is 0.632. The van der Waals surface area contributed by atoms with Gasteiger partial charge in [-0.05, 0) is 68.8 Å². The van der Waals surface area contributed by atoms with Crippen molar-refractivity contribution in [3.05, 3.63) is 23.8 Å². The zero-order valence-electron chi connectivity index (χ0n) is 15.6. The Hall–Kier alpha value is -1.60. The molecule has 0 bridgehead atoms. The number of nitrogens with one attached hydrogen (secondary N) is 2. The van der Waals surface area contributed by atoms with Crippen molar-refractivity contribution in [2.45, 2.75) is 39.5 Å². The van der Waals surface area contributed by atoms with Crippen LogP contribution in [0, 0.1) is 18.8 Å². The Kier molecular flexibility index (Phi) is 5.87. The fourth-order valence-electron chi connectivity index (χ4n) is 3.95. The van der Waals surface area contributed by atoms with Crippen molar-refractivity contribution in [3.8, 4) is 0 Å². The number of amides is 1. The molecule has 6 nitrogen and oxygen atoms in total. The molecule has 2 heterocycles. The average Bonchev–Trinajstić information content (AvgIpc) is 2.96. The van der Waals surface area contributed by atoms with E-state index in [0.29, 0.717) is 42.6 Å². The highest BCUT2D eigenvalue weighted by atomic mass is 32.2. The van der Waals surface area contributed by atoms with Gasteiger partial charge in [-0.3, -0.25) is 9.10 Å². The number of piperidine rings is 1. The summed E-state index contributed by atoms with van der Waals surface area (Å²) in [5.41, 5.74) is 2.23. The first-order chi connectivity index (χ1) is 12.4. The molecule has 144 valence electrons. The Morgan fingerprint density at radius 1 is 1.35 bits per heavy atom. The summed E-state index contributed by atoms with van der Waals surface area (Å²) in [6, 6.07) is 5.49. The SMILES string of the molecule is Cc1ccc(NC(=O)CC(C)C2CCNCC2)cc1N1CCCS1(=O)=O. The van der Waals surface area contributed by atoms with Crippen LogP contribution >= 0.6 is 0 Å². The van der Waals surface area contributed by atoms with Crippen LogP contribution in [0.25, 0.3) is 0 Å². The predicted octanol–water partition coefficient (Wildman–Crippen LogP) is 2.50. The van der Waals surface area contributed by atoms with Crippen molar-refractivity contribution in [1.82, 2.24) is 5.32 Å². The summed E-state index contributed by atoms with van der Waals surface area (Å²) in [6.45, 7) is 6.61. The van der Waals surface area contributed by atoms with Crippen LogP contribution in [0.15, 0.2) is 18.2 Å². The average molecular weight is 380 g/mol. The molecule has 2 N–H and O–H groups in total. The zero-order chi connectivity index (χ0) is 18.7. The molecular weight excluding hydrogens is 350 g/mol. The molecule has 0 aliphatic carbocycles. The molecule has 1 aromatic carbocycles. The predicted molar refractivity (Wildman–Crippen MR) is 105 cm³/mol. The first-order valence-electron chi connectivity index (χ1n) is 9.48. The topological polar surface area (TPSA) is 78.5 Å². The summed E-state index contributed by atoms with van der Waals surface area (Å²) in [5.74, 6) is 1.12. The normalized spacial score (nSPS) is 21.5. The Morgan fingerprint density at radius 3 is 2.73 bits per heavy atom. The minimum Gasteiger partial charge on any atom is -0.326 e. The fourth-order valence-corrected chi connectivity index (χ4v) is 5.57. The number of hydrogen-bond acceptors (Lipinski definition) is 4. The molecule has 26 heavy (non-hydrogen) atoms. The standard InChI is InChI=1S/C19H29N3O3S/c1-14-4-5-17(13-18(14)22-10-3-11-26(22,24)25)21-19(23)12-15(2)16-6-8-20-9-7-16/h4-5,13,15-16,20H,3,6-12H2,1-2H3,(H,21,23). The lowest BCUT2D eigenvalue weighted by molar-refractivity contribution is -0.117. The number of anilines is 2. The lowest BCUT2D eigenvalue weighted by atomic mass is 9.84. The minimum atomic E-state index is -3.23. The lowest BCUT2D eigenvalue weighted by Gasteiger charge is -2.28. The van der Waals surface area contributed by atoms with Crippen molar-refractivity contribution in [3.63, 3.8) is 0 Å². The number of benzene rings is 1. The van der Waals surface area contributed by atoms with Crippen LogP contribution in [0.4, 0.5) is 11.4 Å². The maximum atomic E-state index is 12.5. The van der Waals surface area contributed by atoms with Gasteiger partial charge in [-0.1, -0.05) is 13.0 Å². The highest BCUT2D eigenvalue weighted by Crippen LogP contribution is 2.30. The van der Waals surface area contributed by atoms with E-state index in [9.17, 15) is 13.2 Å². The molecule has 0 saturated carbocycles. The summed E-state index contributed by atoms with van der Waals surface area (Å²) < 4.78 is 25.9. The molecular formula is C19H29N3O3S. The Morgan fingerprint density at radius 2 is 2.08 bits per heavy atom. The van der Waals surface area contributed by atoms with Gasteiger partial charge in [0.25, 0.3) is 0 Å². The molecule has 3 rings (SSSR count). The summed E-state index contributed by atoms with van der Waals surface area (Å²) in [4.78, 5) is 12.5. The van der Waals surface area contributed by atoms with E-state index in [2.05, 4.69) is 17.6 Å². The molecule has 0 radical (unpaired) electrons. The Labute approximate surface area is 156 Å². The van der Waals surface area contributed by atoms with Gasteiger partial charge in [0, 0.05) is 18.7 Å². The third kappa shape index (κ3) is 4.38. The number of carbonyl (C=O) groups excluding carboxylic acids is 1. The van der Waals surface area contributed by atoms with Gasteiger partial charge >= 0.3 is 0 Å². The maximum absolute atomic E-state index is 12.5. The largest absolute Gasteiger partial charge is 0.326 e. The molecule has 2 saturated heterocycles. The zero-order valence-corrected chi connectivity index (χ0v) is 16.4. The van der Waals surface area contributed by atoms with E-state index in [1.807, 2.05) is 19.1 Å². The highest BCUT2D eigenvalue weighted by Gasteiger charge is 2.29. The summed E-state index contributed by atoms with van der Waals surface area (Å²) in [7, 11) is -3.23. The molecule has 1 atom stereocenters. The van der Waals surface area contributed by atoms with Gasteiger partial charge in [-0.15, -0.1) is 0 Å². The van der Waals surface area contributed by atoms with Crippen molar-refractivity contribution >= 4 is 27.3 Å². The van der Waals surface area contributed by atoms with E-state index in [4.69, 9.17) is 0 Å². The van der Waals surface area contributed by atoms with Crippen LogP contribution in [0.3, 0.4) is 0 Å². The maximum Gasteiger partial charge on any atom is 0.235 e. The molecule has 7 heteroatoms. The molecule has 2 fully saturated rings. The van der Waals surface area contributed by atoms with Crippen molar-refractivity contribution < 1.29 is 13.2 Å². The van der Waals surface area contributed by atoms with Crippen LogP contribution < -0.4 is 14.9 Å². The number of hydrogen-bond donors (Lipinski definition) is 2. The smallest absolute Gasteiger partial charge is 0.235 e. The number of rotatable bonds is 5. The van der Waals surface area contributed by atoms with Crippen LogP contribution in [0.5, 0.6) is 0 Å². The highest BCUT2D eigenvalue weighted by molar-refractivity contribution is 7.93. The summed E-state index contributed by atoms with van der Waals surface area (Å²) in [6.07, 6.45) is 3.38. The minimum absolute atomic E-state index is 0.00452. The van der Waals surface area contributed by atoms with E-state index < -0.39 is 10.0 Å². The van der Waals surface area contributed by atoms with Gasteiger partial charge in [0.05, 0.1) is 11.4 Å². The second-order valence-corrected chi connectivity index (χ2v) is 9.57. The van der Waals surface area contributed by atoms with E-state index in [-0.39, 0.29) is 11.7 Å². The van der Waals surface area contributed by atoms with Gasteiger partial charge in [-0.25, -0.2) is 8.42 Å². The van der Waals surface area contributed by atoms with Crippen LogP contribution in [0.2, 0.25) is 0 Å². The first kappa shape index (κ1) is 19.2. The molecule has 1 amide bonds. The van der Waals surface area contributed by atoms with Gasteiger partial charge in [0.1, 0.15) is 0 Å². The third-order valence-electron chi connectivity index (χ3n) is 5.56. The summed E-state index contributed by atoms with van der Waals surface area (Å²) in [5, 5.41) is 6.31. The summed E-state index contributed by atoms with van der Waals surface area (Å²) >= 11 is 0. The van der Waals surface area contributed by atoms with Crippen molar-refractivity contribution in [2.24, 2.45) is 11.8 Å². The quantitative estimate of drug-likeness (QED) is 0.824. The van der Waals surface area contributed by atoms with Gasteiger partial charge < -0.3 is 10.6 Å². The first-order valence-corrected chi connectivity index (χ1v) is 11.1. The van der Waals surface area contributed by atoms with Crippen LogP contribution in [-0.4, -0.2) is 39.7 Å². The number of aryl methyl sites for hydroxylation is 1. The number of carbonyl (C=O) groups is 1. The van der Waals surface area contributed by atoms with Gasteiger partial charge in [0.15, 0.2) is 0 Å². The van der Waals surface area contributed by atoms with Gasteiger partial charge in [0.2, 0.25) is 15.9 Å². The monoisotopic (exact) mass is 379 g/mol. The number of sulfonamides is 1. The molecule has 2 aliphatic rings. The second kappa shape index (κ2) is 7.96. The van der Waals surface area contributed by atoms with Crippen LogP contribution in [0.1, 0.15) is 38.2 Å².